The Labute approximate surface area is 828 Å². The van der Waals surface area contributed by atoms with Crippen LogP contribution in [-0.2, 0) is 0 Å². The fourth-order valence-corrected chi connectivity index (χ4v) is 21.0. The molecule has 27 aromatic rings. The molecule has 0 amide bonds. The first-order chi connectivity index (χ1) is 70.9. The minimum absolute atomic E-state index is 0.851. The summed E-state index contributed by atoms with van der Waals surface area (Å²) in [5.41, 5.74) is 34.1. The SMILES string of the molecule is c1ccc(-[n+]2c(-c3ccc(-c4ccc5c(-c6ccc7ccccc7c6)c6ccccc6c(-c6ccc7ccccc7c6)c5c4)cc3)[nH]c3ccccc32)cc1.c1ccc(-c2ccc3c(-c4ccc(-c5ccccn5)nc4)c4ccccc4c(-c4ccc(-c5ccccn5)nc4)c3c2)cc1.c1ccc(-c2ccc3c(-c4cccc(-c5ccncc5)c4)c4ccccc4c(-c4cccc(-c5ccncc5)c4)c3c2)cc1. The predicted octanol–water partition coefficient (Wildman–Crippen LogP) is 34.8. The number of hydrogen-bond acceptors (Lipinski definition) is 6. The fraction of sp³-hybridized carbons (Fsp3) is 0. The molecular weight excluding hydrogens is 1730 g/mol. The second kappa shape index (κ2) is 37.7. The van der Waals surface area contributed by atoms with Gasteiger partial charge in [0, 0.05) is 60.7 Å². The smallest absolute Gasteiger partial charge is 0.265 e. The Balaban J connectivity index is 0.000000114. The number of aromatic nitrogens is 8. The zero-order valence-corrected chi connectivity index (χ0v) is 77.9. The number of imidazole rings is 1. The Morgan fingerprint density at radius 2 is 0.455 bits per heavy atom. The molecule has 27 rings (SSSR count). The molecule has 0 spiro atoms. The van der Waals surface area contributed by atoms with Crippen molar-refractivity contribution in [2.45, 2.75) is 0 Å². The Hall–Kier alpha value is -19.2. The van der Waals surface area contributed by atoms with E-state index in [1.54, 1.807) is 12.4 Å². The number of benzene rings is 20. The normalized spacial score (nSPS) is 11.4. The highest BCUT2D eigenvalue weighted by atomic mass is 15.1. The third kappa shape index (κ3) is 16.5. The summed E-state index contributed by atoms with van der Waals surface area (Å²) in [5.74, 6) is 1.06. The summed E-state index contributed by atoms with van der Waals surface area (Å²) < 4.78 is 2.32. The van der Waals surface area contributed by atoms with Crippen LogP contribution in [0.3, 0.4) is 0 Å². The predicted molar refractivity (Wildman–Crippen MR) is 596 cm³/mol. The van der Waals surface area contributed by atoms with E-state index in [0.29, 0.717) is 0 Å². The number of nitrogens with zero attached hydrogens (tertiary/aromatic N) is 7. The largest absolute Gasteiger partial charge is 0.292 e. The third-order valence-corrected chi connectivity index (χ3v) is 27.8. The molecule has 8 nitrogen and oxygen atoms in total. The van der Waals surface area contributed by atoms with Crippen molar-refractivity contribution < 1.29 is 4.57 Å². The molecule has 8 heteroatoms. The number of nitrogens with one attached hydrogen (secondary N) is 1. The van der Waals surface area contributed by atoms with Crippen LogP contribution in [0.4, 0.5) is 0 Å². The molecule has 0 radical (unpaired) electrons. The third-order valence-electron chi connectivity index (χ3n) is 27.8. The van der Waals surface area contributed by atoms with E-state index in [1.807, 2.05) is 73.6 Å². The number of aromatic amines is 1. The Morgan fingerprint density at radius 1 is 0.161 bits per heavy atom. The molecule has 20 aromatic carbocycles. The molecule has 0 aliphatic carbocycles. The number of hydrogen-bond donors (Lipinski definition) is 1. The molecule has 0 unspecified atom stereocenters. The standard InChI is InChI=1S/C53H34N2.C42H28N2.C40H26N4/c1-2-16-44(17-3-1)55-50-21-11-10-20-49(50)54-53(55)38-26-22-37(23-27-38)41-30-31-47-48(34-41)52(43-29-25-36-13-5-7-15-40(36)33-43)46-19-9-8-18-45(46)51(47)42-28-24-35-12-4-6-14-39(35)32-42;1-2-8-29(9-3-1)34-16-17-39-40(28-34)42(36-13-7-11-33(27-36)31-20-24-44-25-21-31)38-15-5-4-14-37(38)41(39)35-12-6-10-32(26-35)30-18-22-43-23-19-30;1-2-10-27(11-3-1)28-16-19-33-34(24-28)40(30-18-21-38(44-26-30)36-15-7-9-23-42-36)32-13-5-4-12-31(32)39(33)29-17-20-37(43-25-29)35-14-6-8-22-41-35/h1-34H;1-28H;1-26H/p+1. The van der Waals surface area contributed by atoms with Crippen molar-refractivity contribution in [3.8, 4) is 162 Å². The number of H-pyrrole nitrogens is 1. The summed E-state index contributed by atoms with van der Waals surface area (Å²) in [6, 6.07) is 174. The van der Waals surface area contributed by atoms with E-state index in [9.17, 15) is 0 Å². The van der Waals surface area contributed by atoms with Crippen LogP contribution >= 0.6 is 0 Å². The topological polar surface area (TPSA) is 97.0 Å². The van der Waals surface area contributed by atoms with Crippen LogP contribution in [0.15, 0.2) is 535 Å². The van der Waals surface area contributed by atoms with Gasteiger partial charge in [0.2, 0.25) is 0 Å². The van der Waals surface area contributed by atoms with E-state index in [1.165, 1.54) is 175 Å². The summed E-state index contributed by atoms with van der Waals surface area (Å²) in [6.45, 7) is 0. The van der Waals surface area contributed by atoms with Crippen LogP contribution < -0.4 is 4.57 Å². The van der Waals surface area contributed by atoms with Gasteiger partial charge < -0.3 is 0 Å². The molecule has 0 aliphatic heterocycles. The second-order valence-corrected chi connectivity index (χ2v) is 36.2. The number of rotatable bonds is 15. The zero-order valence-electron chi connectivity index (χ0n) is 77.9. The average molecular weight is 1820 g/mol. The lowest BCUT2D eigenvalue weighted by atomic mass is 9.84. The van der Waals surface area contributed by atoms with Crippen molar-refractivity contribution in [1.29, 1.82) is 0 Å². The quantitative estimate of drug-likeness (QED) is 0.0811. The molecule has 0 bridgehead atoms. The summed E-state index contributed by atoms with van der Waals surface area (Å²) >= 11 is 0. The Bertz CT molecular complexity index is 9460. The van der Waals surface area contributed by atoms with Crippen LogP contribution in [0.5, 0.6) is 0 Å². The van der Waals surface area contributed by atoms with E-state index in [0.717, 1.165) is 84.3 Å². The molecule has 0 saturated carbocycles. The van der Waals surface area contributed by atoms with Gasteiger partial charge in [-0.25, -0.2) is 4.98 Å². The van der Waals surface area contributed by atoms with Crippen LogP contribution in [0, 0.1) is 0 Å². The molecule has 668 valence electrons. The summed E-state index contributed by atoms with van der Waals surface area (Å²) in [6.07, 6.45) is 15.0. The van der Waals surface area contributed by atoms with E-state index in [-0.39, 0.29) is 0 Å². The first-order valence-corrected chi connectivity index (χ1v) is 48.4. The second-order valence-electron chi connectivity index (χ2n) is 36.2. The van der Waals surface area contributed by atoms with E-state index >= 15 is 0 Å². The van der Waals surface area contributed by atoms with Gasteiger partial charge in [-0.2, -0.15) is 4.57 Å². The highest BCUT2D eigenvalue weighted by Crippen LogP contribution is 2.51. The maximum atomic E-state index is 4.86. The van der Waals surface area contributed by atoms with Crippen molar-refractivity contribution in [3.63, 3.8) is 0 Å². The van der Waals surface area contributed by atoms with Crippen LogP contribution in [0.25, 0.3) is 259 Å². The molecule has 0 saturated heterocycles. The van der Waals surface area contributed by atoms with Crippen molar-refractivity contribution in [1.82, 2.24) is 34.9 Å². The van der Waals surface area contributed by atoms with Gasteiger partial charge in [0.25, 0.3) is 5.82 Å². The van der Waals surface area contributed by atoms with Gasteiger partial charge in [0.05, 0.1) is 28.3 Å². The molecule has 7 aromatic heterocycles. The minimum Gasteiger partial charge on any atom is -0.265 e. The van der Waals surface area contributed by atoms with Gasteiger partial charge in [-0.05, 0) is 337 Å². The average Bonchev–Trinajstić information content (AvgIpc) is 1.60. The van der Waals surface area contributed by atoms with Crippen LogP contribution in [-0.4, -0.2) is 34.9 Å². The lowest BCUT2D eigenvalue weighted by Gasteiger charge is -2.19. The molecule has 1 N–H and O–H groups in total. The van der Waals surface area contributed by atoms with Gasteiger partial charge in [-0.3, -0.25) is 29.9 Å². The van der Waals surface area contributed by atoms with Gasteiger partial charge >= 0.3 is 0 Å². The number of fused-ring (bicyclic) bond motifs is 9. The number of pyridine rings is 6. The highest BCUT2D eigenvalue weighted by Gasteiger charge is 2.27. The van der Waals surface area contributed by atoms with E-state index in [2.05, 4.69) is 478 Å². The van der Waals surface area contributed by atoms with Crippen molar-refractivity contribution >= 4 is 97.2 Å². The fourth-order valence-electron chi connectivity index (χ4n) is 21.0. The summed E-state index contributed by atoms with van der Waals surface area (Å²) in [7, 11) is 0. The van der Waals surface area contributed by atoms with Gasteiger partial charge in [-0.1, -0.05) is 346 Å². The number of para-hydroxylation sites is 3. The van der Waals surface area contributed by atoms with Crippen molar-refractivity contribution in [2.75, 3.05) is 0 Å². The maximum absolute atomic E-state index is 4.86. The molecule has 0 atom stereocenters. The molecular formula is C135H89N8+. The monoisotopic (exact) mass is 1820 g/mol. The summed E-state index contributed by atoms with van der Waals surface area (Å²) in [4.78, 5) is 30.9. The van der Waals surface area contributed by atoms with Gasteiger partial charge in [0.1, 0.15) is 5.69 Å². The maximum Gasteiger partial charge on any atom is 0.292 e. The van der Waals surface area contributed by atoms with Crippen LogP contribution in [0.1, 0.15) is 0 Å². The van der Waals surface area contributed by atoms with E-state index in [4.69, 9.17) is 9.97 Å². The van der Waals surface area contributed by atoms with Crippen LogP contribution in [0.2, 0.25) is 0 Å². The first kappa shape index (κ1) is 85.5. The molecule has 0 fully saturated rings. The molecule has 0 aliphatic rings. The molecule has 143 heavy (non-hydrogen) atoms. The lowest BCUT2D eigenvalue weighted by molar-refractivity contribution is -0.554. The first-order valence-electron chi connectivity index (χ1n) is 48.4. The van der Waals surface area contributed by atoms with Gasteiger partial charge in [-0.15, -0.1) is 0 Å². The summed E-state index contributed by atoms with van der Waals surface area (Å²) in [5, 5.41) is 19.6. The highest BCUT2D eigenvalue weighted by molar-refractivity contribution is 6.26. The van der Waals surface area contributed by atoms with Gasteiger partial charge in [0.15, 0.2) is 11.0 Å². The lowest BCUT2D eigenvalue weighted by Crippen LogP contribution is -2.31. The Kier molecular flexibility index (Phi) is 22.6. The Morgan fingerprint density at radius 3 is 0.874 bits per heavy atom. The molecule has 7 heterocycles. The van der Waals surface area contributed by atoms with Crippen molar-refractivity contribution in [2.24, 2.45) is 0 Å². The van der Waals surface area contributed by atoms with E-state index < -0.39 is 0 Å². The zero-order chi connectivity index (χ0) is 94.9. The minimum atomic E-state index is 0.851. The van der Waals surface area contributed by atoms with Crippen molar-refractivity contribution in [3.05, 3.63) is 535 Å².